The van der Waals surface area contributed by atoms with E-state index in [-0.39, 0.29) is 5.91 Å². The normalized spacial score (nSPS) is 9.84. The third kappa shape index (κ3) is 2.93. The number of para-hydroxylation sites is 2. The number of rotatable bonds is 4. The largest absolute Gasteiger partial charge is 0.397 e. The predicted octanol–water partition coefficient (Wildman–Crippen LogP) is 1.21. The van der Waals surface area contributed by atoms with Gasteiger partial charge >= 0.3 is 0 Å². The van der Waals surface area contributed by atoms with Crippen molar-refractivity contribution in [1.82, 2.24) is 15.1 Å². The van der Waals surface area contributed by atoms with E-state index in [1.54, 1.807) is 23.0 Å². The van der Waals surface area contributed by atoms with Gasteiger partial charge in [-0.05, 0) is 18.2 Å². The third-order valence-electron chi connectivity index (χ3n) is 2.56. The lowest BCUT2D eigenvalue weighted by Crippen LogP contribution is -2.24. The molecule has 0 atom stereocenters. The zero-order valence-electron chi connectivity index (χ0n) is 10.3. The number of carbonyl (C=O) groups is 1. The summed E-state index contributed by atoms with van der Waals surface area (Å²) in [5, 5.41) is 6.88. The first kappa shape index (κ1) is 12.7. The van der Waals surface area contributed by atoms with Crippen molar-refractivity contribution in [1.29, 1.82) is 0 Å². The van der Waals surface area contributed by atoms with Gasteiger partial charge in [-0.25, -0.2) is 4.68 Å². The van der Waals surface area contributed by atoms with E-state index < -0.39 is 0 Å². The Kier molecular flexibility index (Phi) is 3.84. The second kappa shape index (κ2) is 5.74. The standard InChI is InChI=1S/C14H14N4O/c1-2-3-9-16-14(19)12-8-10-18(17-12)13-7-5-4-6-11(13)15/h1,4-8,10H,3,9,15H2,(H,16,19). The van der Waals surface area contributed by atoms with Crippen molar-refractivity contribution in [3.05, 3.63) is 42.2 Å². The van der Waals surface area contributed by atoms with Gasteiger partial charge in [-0.2, -0.15) is 5.10 Å². The Morgan fingerprint density at radius 1 is 1.42 bits per heavy atom. The minimum Gasteiger partial charge on any atom is -0.397 e. The predicted molar refractivity (Wildman–Crippen MR) is 73.8 cm³/mol. The van der Waals surface area contributed by atoms with Crippen LogP contribution >= 0.6 is 0 Å². The van der Waals surface area contributed by atoms with Crippen LogP contribution < -0.4 is 11.1 Å². The fraction of sp³-hybridized carbons (Fsp3) is 0.143. The van der Waals surface area contributed by atoms with Gasteiger partial charge in [0, 0.05) is 19.2 Å². The van der Waals surface area contributed by atoms with Gasteiger partial charge in [0.15, 0.2) is 5.69 Å². The summed E-state index contributed by atoms with van der Waals surface area (Å²) in [4.78, 5) is 11.8. The van der Waals surface area contributed by atoms with Crippen LogP contribution in [0.5, 0.6) is 0 Å². The number of aromatic nitrogens is 2. The van der Waals surface area contributed by atoms with Crippen LogP contribution in [0.4, 0.5) is 5.69 Å². The van der Waals surface area contributed by atoms with Crippen molar-refractivity contribution in [2.75, 3.05) is 12.3 Å². The van der Waals surface area contributed by atoms with Crippen LogP contribution in [0, 0.1) is 12.3 Å². The maximum atomic E-state index is 11.8. The van der Waals surface area contributed by atoms with Gasteiger partial charge in [-0.3, -0.25) is 4.79 Å². The number of benzene rings is 1. The molecule has 0 spiro atoms. The van der Waals surface area contributed by atoms with E-state index in [0.29, 0.717) is 24.3 Å². The molecule has 0 unspecified atom stereocenters. The van der Waals surface area contributed by atoms with Crippen LogP contribution in [0.3, 0.4) is 0 Å². The number of amides is 1. The van der Waals surface area contributed by atoms with Crippen molar-refractivity contribution in [3.63, 3.8) is 0 Å². The van der Waals surface area contributed by atoms with E-state index in [4.69, 9.17) is 12.2 Å². The molecule has 0 saturated heterocycles. The number of nitrogen functional groups attached to an aromatic ring is 1. The zero-order valence-corrected chi connectivity index (χ0v) is 10.3. The maximum absolute atomic E-state index is 11.8. The molecule has 2 rings (SSSR count). The van der Waals surface area contributed by atoms with Crippen LogP contribution in [0.25, 0.3) is 5.69 Å². The lowest BCUT2D eigenvalue weighted by atomic mass is 10.3. The number of nitrogens with one attached hydrogen (secondary N) is 1. The second-order valence-electron chi connectivity index (χ2n) is 3.91. The first-order chi connectivity index (χ1) is 9.22. The number of hydrogen-bond acceptors (Lipinski definition) is 3. The molecule has 0 aliphatic rings. The molecular formula is C14H14N4O. The van der Waals surface area contributed by atoms with Gasteiger partial charge in [0.25, 0.3) is 5.91 Å². The molecule has 0 radical (unpaired) electrons. The van der Waals surface area contributed by atoms with Gasteiger partial charge in [0.2, 0.25) is 0 Å². The van der Waals surface area contributed by atoms with Gasteiger partial charge in [-0.1, -0.05) is 12.1 Å². The molecule has 5 heteroatoms. The van der Waals surface area contributed by atoms with Gasteiger partial charge in [0.05, 0.1) is 11.4 Å². The lowest BCUT2D eigenvalue weighted by Gasteiger charge is -2.04. The van der Waals surface area contributed by atoms with Crippen LogP contribution in [0.1, 0.15) is 16.9 Å². The molecule has 3 N–H and O–H groups in total. The van der Waals surface area contributed by atoms with E-state index in [1.807, 2.05) is 18.2 Å². The quantitative estimate of drug-likeness (QED) is 0.489. The van der Waals surface area contributed by atoms with Crippen molar-refractivity contribution in [2.24, 2.45) is 0 Å². The zero-order chi connectivity index (χ0) is 13.7. The molecule has 2 aromatic rings. The molecular weight excluding hydrogens is 240 g/mol. The summed E-state index contributed by atoms with van der Waals surface area (Å²) in [5.41, 5.74) is 7.53. The number of nitrogens with two attached hydrogens (primary N) is 1. The summed E-state index contributed by atoms with van der Waals surface area (Å²) >= 11 is 0. The second-order valence-corrected chi connectivity index (χ2v) is 3.91. The number of terminal acetylenes is 1. The molecule has 1 heterocycles. The summed E-state index contributed by atoms with van der Waals surface area (Å²) in [7, 11) is 0. The summed E-state index contributed by atoms with van der Waals surface area (Å²) in [6, 6.07) is 8.96. The lowest BCUT2D eigenvalue weighted by molar-refractivity contribution is 0.0949. The Morgan fingerprint density at radius 3 is 2.95 bits per heavy atom. The van der Waals surface area contributed by atoms with E-state index in [1.165, 1.54) is 0 Å². The Hall–Kier alpha value is -2.74. The summed E-state index contributed by atoms with van der Waals surface area (Å²) in [5.74, 6) is 2.21. The van der Waals surface area contributed by atoms with Crippen LogP contribution in [0.15, 0.2) is 36.5 Å². The molecule has 1 amide bonds. The Bertz CT molecular complexity index is 624. The fourth-order valence-corrected chi connectivity index (χ4v) is 1.61. The topological polar surface area (TPSA) is 72.9 Å². The maximum Gasteiger partial charge on any atom is 0.271 e. The van der Waals surface area contributed by atoms with E-state index >= 15 is 0 Å². The SMILES string of the molecule is C#CCCNC(=O)c1ccn(-c2ccccc2N)n1. The number of nitrogens with zero attached hydrogens (tertiary/aromatic N) is 2. The Balaban J connectivity index is 2.14. The smallest absolute Gasteiger partial charge is 0.271 e. The Labute approximate surface area is 111 Å². The van der Waals surface area contributed by atoms with Crippen molar-refractivity contribution < 1.29 is 4.79 Å². The highest BCUT2D eigenvalue weighted by atomic mass is 16.1. The number of carbonyl (C=O) groups excluding carboxylic acids is 1. The first-order valence-corrected chi connectivity index (χ1v) is 5.84. The number of anilines is 1. The van der Waals surface area contributed by atoms with Gasteiger partial charge in [0.1, 0.15) is 0 Å². The van der Waals surface area contributed by atoms with Crippen LogP contribution in [0.2, 0.25) is 0 Å². The molecule has 0 fully saturated rings. The average molecular weight is 254 g/mol. The monoisotopic (exact) mass is 254 g/mol. The van der Waals surface area contributed by atoms with E-state index in [0.717, 1.165) is 5.69 Å². The molecule has 1 aromatic carbocycles. The summed E-state index contributed by atoms with van der Waals surface area (Å²) < 4.78 is 1.57. The third-order valence-corrected chi connectivity index (χ3v) is 2.56. The molecule has 0 bridgehead atoms. The van der Waals surface area contributed by atoms with Crippen molar-refractivity contribution in [2.45, 2.75) is 6.42 Å². The minimum absolute atomic E-state index is 0.247. The average Bonchev–Trinajstić information content (AvgIpc) is 2.89. The molecule has 0 saturated carbocycles. The van der Waals surface area contributed by atoms with Crippen LogP contribution in [-0.4, -0.2) is 22.2 Å². The minimum atomic E-state index is -0.247. The molecule has 19 heavy (non-hydrogen) atoms. The van der Waals surface area contributed by atoms with E-state index in [9.17, 15) is 4.79 Å². The summed E-state index contributed by atoms with van der Waals surface area (Å²) in [6.07, 6.45) is 7.31. The van der Waals surface area contributed by atoms with E-state index in [2.05, 4.69) is 16.3 Å². The first-order valence-electron chi connectivity index (χ1n) is 5.84. The van der Waals surface area contributed by atoms with Crippen molar-refractivity contribution in [3.8, 4) is 18.0 Å². The highest BCUT2D eigenvalue weighted by molar-refractivity contribution is 5.92. The molecule has 1 aromatic heterocycles. The Morgan fingerprint density at radius 2 is 2.21 bits per heavy atom. The fourth-order valence-electron chi connectivity index (χ4n) is 1.61. The van der Waals surface area contributed by atoms with Crippen molar-refractivity contribution >= 4 is 11.6 Å². The molecule has 0 aliphatic carbocycles. The highest BCUT2D eigenvalue weighted by Gasteiger charge is 2.10. The molecule has 0 aliphatic heterocycles. The highest BCUT2D eigenvalue weighted by Crippen LogP contribution is 2.15. The molecule has 5 nitrogen and oxygen atoms in total. The van der Waals surface area contributed by atoms with Gasteiger partial charge in [-0.15, -0.1) is 12.3 Å². The number of hydrogen-bond donors (Lipinski definition) is 2. The summed E-state index contributed by atoms with van der Waals surface area (Å²) in [6.45, 7) is 0.440. The van der Waals surface area contributed by atoms with Crippen LogP contribution in [-0.2, 0) is 0 Å². The molecule has 96 valence electrons. The van der Waals surface area contributed by atoms with Gasteiger partial charge < -0.3 is 11.1 Å².